The topological polar surface area (TPSA) is 71.0 Å². The van der Waals surface area contributed by atoms with E-state index in [-0.39, 0.29) is 5.75 Å². The van der Waals surface area contributed by atoms with Gasteiger partial charge in [-0.2, -0.15) is 5.10 Å². The third-order valence-electron chi connectivity index (χ3n) is 3.13. The number of nitrogens with zero attached hydrogens (tertiary/aromatic N) is 2. The Morgan fingerprint density at radius 3 is 2.82 bits per heavy atom. The van der Waals surface area contributed by atoms with Crippen molar-refractivity contribution < 1.29 is 9.84 Å². The molecule has 0 amide bonds. The molecule has 2 aromatic carbocycles. The maximum atomic E-state index is 9.75. The van der Waals surface area contributed by atoms with E-state index in [1.54, 1.807) is 18.2 Å². The number of benzene rings is 2. The SMILES string of the molecule is CCOc1cc(-c2n[nH]c(-c3ccccc3Br)n2)ccc1O. The van der Waals surface area contributed by atoms with Crippen LogP contribution in [0.25, 0.3) is 22.8 Å². The number of hydrogen-bond acceptors (Lipinski definition) is 4. The molecule has 0 fully saturated rings. The van der Waals surface area contributed by atoms with Gasteiger partial charge in [0.1, 0.15) is 0 Å². The van der Waals surface area contributed by atoms with Crippen molar-refractivity contribution in [3.8, 4) is 34.3 Å². The van der Waals surface area contributed by atoms with E-state index in [2.05, 4.69) is 31.1 Å². The fourth-order valence-corrected chi connectivity index (χ4v) is 2.56. The van der Waals surface area contributed by atoms with Crippen LogP contribution in [0.5, 0.6) is 11.5 Å². The van der Waals surface area contributed by atoms with Gasteiger partial charge in [0.25, 0.3) is 0 Å². The molecule has 6 heteroatoms. The summed E-state index contributed by atoms with van der Waals surface area (Å²) in [5.41, 5.74) is 1.71. The Morgan fingerprint density at radius 2 is 2.05 bits per heavy atom. The van der Waals surface area contributed by atoms with Gasteiger partial charge in [-0.1, -0.05) is 34.1 Å². The number of ether oxygens (including phenoxy) is 1. The number of aromatic nitrogens is 3. The first kappa shape index (κ1) is 14.6. The number of halogens is 1. The summed E-state index contributed by atoms with van der Waals surface area (Å²) in [6.45, 7) is 2.34. The average molecular weight is 360 g/mol. The van der Waals surface area contributed by atoms with Crippen LogP contribution < -0.4 is 4.74 Å². The van der Waals surface area contributed by atoms with E-state index in [0.29, 0.717) is 24.0 Å². The van der Waals surface area contributed by atoms with Gasteiger partial charge in [0.15, 0.2) is 23.1 Å². The summed E-state index contributed by atoms with van der Waals surface area (Å²) in [5, 5.41) is 16.9. The van der Waals surface area contributed by atoms with E-state index in [4.69, 9.17) is 4.74 Å². The molecule has 3 aromatic rings. The Hall–Kier alpha value is -2.34. The zero-order chi connectivity index (χ0) is 15.5. The molecule has 0 spiro atoms. The van der Waals surface area contributed by atoms with Crippen molar-refractivity contribution in [1.29, 1.82) is 0 Å². The van der Waals surface area contributed by atoms with Gasteiger partial charge < -0.3 is 9.84 Å². The van der Waals surface area contributed by atoms with Crippen LogP contribution in [-0.2, 0) is 0 Å². The first-order chi connectivity index (χ1) is 10.7. The second-order valence-corrected chi connectivity index (χ2v) is 5.46. The zero-order valence-corrected chi connectivity index (χ0v) is 13.5. The largest absolute Gasteiger partial charge is 0.504 e. The van der Waals surface area contributed by atoms with Gasteiger partial charge in [0.05, 0.1) is 6.61 Å². The molecule has 0 saturated heterocycles. The summed E-state index contributed by atoms with van der Waals surface area (Å²) in [6, 6.07) is 12.8. The van der Waals surface area contributed by atoms with Crippen LogP contribution in [0.2, 0.25) is 0 Å². The standard InChI is InChI=1S/C16H14BrN3O2/c1-2-22-14-9-10(7-8-13(14)21)15-18-16(20-19-15)11-5-3-4-6-12(11)17/h3-9,21H,2H2,1H3,(H,18,19,20). The Balaban J connectivity index is 1.97. The molecule has 1 heterocycles. The first-order valence-corrected chi connectivity index (χ1v) is 7.62. The maximum absolute atomic E-state index is 9.75. The van der Waals surface area contributed by atoms with E-state index < -0.39 is 0 Å². The highest BCUT2D eigenvalue weighted by molar-refractivity contribution is 9.10. The third kappa shape index (κ3) is 2.82. The van der Waals surface area contributed by atoms with Gasteiger partial charge in [0.2, 0.25) is 0 Å². The van der Waals surface area contributed by atoms with Gasteiger partial charge in [-0.25, -0.2) is 4.98 Å². The number of rotatable bonds is 4. The number of phenolic OH excluding ortho intramolecular Hbond substituents is 1. The van der Waals surface area contributed by atoms with Crippen molar-refractivity contribution in [2.45, 2.75) is 6.92 Å². The number of phenols is 1. The Labute approximate surface area is 136 Å². The Kier molecular flexibility index (Phi) is 4.11. The van der Waals surface area contributed by atoms with Crippen LogP contribution in [-0.4, -0.2) is 26.9 Å². The predicted molar refractivity (Wildman–Crippen MR) is 87.8 cm³/mol. The maximum Gasteiger partial charge on any atom is 0.181 e. The van der Waals surface area contributed by atoms with Gasteiger partial charge in [0, 0.05) is 15.6 Å². The highest BCUT2D eigenvalue weighted by Crippen LogP contribution is 2.32. The molecule has 22 heavy (non-hydrogen) atoms. The highest BCUT2D eigenvalue weighted by Gasteiger charge is 2.12. The highest BCUT2D eigenvalue weighted by atomic mass is 79.9. The number of hydrogen-bond donors (Lipinski definition) is 2. The lowest BCUT2D eigenvalue weighted by molar-refractivity contribution is 0.318. The van der Waals surface area contributed by atoms with Gasteiger partial charge in [-0.3, -0.25) is 5.10 Å². The second-order valence-electron chi connectivity index (χ2n) is 4.60. The fraction of sp³-hybridized carbons (Fsp3) is 0.125. The summed E-state index contributed by atoms with van der Waals surface area (Å²) < 4.78 is 6.33. The number of aromatic amines is 1. The molecule has 2 N–H and O–H groups in total. The molecule has 0 bridgehead atoms. The molecule has 0 aliphatic carbocycles. The molecule has 0 unspecified atom stereocenters. The lowest BCUT2D eigenvalue weighted by atomic mass is 10.2. The average Bonchev–Trinajstić information content (AvgIpc) is 3.00. The van der Waals surface area contributed by atoms with Crippen molar-refractivity contribution in [2.24, 2.45) is 0 Å². The van der Waals surface area contributed by atoms with Crippen molar-refractivity contribution in [1.82, 2.24) is 15.2 Å². The van der Waals surface area contributed by atoms with E-state index >= 15 is 0 Å². The molecule has 0 aliphatic rings. The molecular formula is C16H14BrN3O2. The third-order valence-corrected chi connectivity index (χ3v) is 3.82. The molecule has 0 radical (unpaired) electrons. The summed E-state index contributed by atoms with van der Waals surface area (Å²) in [7, 11) is 0. The van der Waals surface area contributed by atoms with Crippen molar-refractivity contribution in [3.05, 3.63) is 46.9 Å². The van der Waals surface area contributed by atoms with E-state index in [1.807, 2.05) is 31.2 Å². The van der Waals surface area contributed by atoms with Crippen LogP contribution in [0.1, 0.15) is 6.92 Å². The first-order valence-electron chi connectivity index (χ1n) is 6.82. The summed E-state index contributed by atoms with van der Waals surface area (Å²) >= 11 is 3.50. The van der Waals surface area contributed by atoms with Crippen molar-refractivity contribution in [2.75, 3.05) is 6.61 Å². The lowest BCUT2D eigenvalue weighted by Crippen LogP contribution is -1.92. The molecule has 0 saturated carbocycles. The lowest BCUT2D eigenvalue weighted by Gasteiger charge is -2.06. The molecule has 112 valence electrons. The number of nitrogens with one attached hydrogen (secondary N) is 1. The molecule has 1 aromatic heterocycles. The Bertz CT molecular complexity index is 802. The van der Waals surface area contributed by atoms with Crippen molar-refractivity contribution >= 4 is 15.9 Å². The van der Waals surface area contributed by atoms with Crippen LogP contribution in [0.15, 0.2) is 46.9 Å². The predicted octanol–water partition coefficient (Wildman–Crippen LogP) is 4.01. The van der Waals surface area contributed by atoms with E-state index in [1.165, 1.54) is 0 Å². The summed E-state index contributed by atoms with van der Waals surface area (Å²) in [6.07, 6.45) is 0. The molecule has 0 aliphatic heterocycles. The van der Waals surface area contributed by atoms with Gasteiger partial charge in [-0.05, 0) is 31.2 Å². The fourth-order valence-electron chi connectivity index (χ4n) is 2.09. The minimum absolute atomic E-state index is 0.104. The monoisotopic (exact) mass is 359 g/mol. The molecular weight excluding hydrogens is 346 g/mol. The second kappa shape index (κ2) is 6.19. The molecule has 0 atom stereocenters. The van der Waals surface area contributed by atoms with E-state index in [0.717, 1.165) is 15.6 Å². The normalized spacial score (nSPS) is 10.6. The Morgan fingerprint density at radius 1 is 1.23 bits per heavy atom. The van der Waals surface area contributed by atoms with Crippen molar-refractivity contribution in [3.63, 3.8) is 0 Å². The van der Waals surface area contributed by atoms with Crippen LogP contribution in [0.3, 0.4) is 0 Å². The summed E-state index contributed by atoms with van der Waals surface area (Å²) in [4.78, 5) is 4.51. The van der Waals surface area contributed by atoms with E-state index in [9.17, 15) is 5.11 Å². The number of aromatic hydroxyl groups is 1. The smallest absolute Gasteiger partial charge is 0.181 e. The summed E-state index contributed by atoms with van der Waals surface area (Å²) in [5.74, 6) is 1.75. The zero-order valence-electron chi connectivity index (χ0n) is 11.9. The molecule has 3 rings (SSSR count). The van der Waals surface area contributed by atoms with Crippen LogP contribution in [0, 0.1) is 0 Å². The van der Waals surface area contributed by atoms with Gasteiger partial charge in [-0.15, -0.1) is 0 Å². The minimum atomic E-state index is 0.104. The van der Waals surface area contributed by atoms with Crippen LogP contribution in [0.4, 0.5) is 0 Å². The van der Waals surface area contributed by atoms with Crippen LogP contribution >= 0.6 is 15.9 Å². The number of H-pyrrole nitrogens is 1. The molecule has 5 nitrogen and oxygen atoms in total. The van der Waals surface area contributed by atoms with Gasteiger partial charge >= 0.3 is 0 Å². The quantitative estimate of drug-likeness (QED) is 0.738. The minimum Gasteiger partial charge on any atom is -0.504 e.